The first-order chi connectivity index (χ1) is 12.6. The smallest absolute Gasteiger partial charge is 0.193 e. The fourth-order valence-corrected chi connectivity index (χ4v) is 4.35. The van der Waals surface area contributed by atoms with Gasteiger partial charge in [0.1, 0.15) is 0 Å². The van der Waals surface area contributed by atoms with Gasteiger partial charge in [-0.2, -0.15) is 0 Å². The average Bonchev–Trinajstić information content (AvgIpc) is 3.36. The Morgan fingerprint density at radius 2 is 1.08 bits per heavy atom. The van der Waals surface area contributed by atoms with Crippen LogP contribution in [-0.2, 0) is 0 Å². The van der Waals surface area contributed by atoms with E-state index in [0.29, 0.717) is 21.2 Å². The SMILES string of the molecule is O=C(c1ccc(Cl)c(N2CCCC2)c1)c1ccc(Cl)c(N2CCCC2)c1. The van der Waals surface area contributed by atoms with Crippen LogP contribution >= 0.6 is 23.2 Å². The second kappa shape index (κ2) is 7.50. The number of carbonyl (C=O) groups is 1. The largest absolute Gasteiger partial charge is 0.370 e. The third kappa shape index (κ3) is 3.43. The molecular formula is C21H22Cl2N2O. The zero-order chi connectivity index (χ0) is 18.1. The Labute approximate surface area is 164 Å². The highest BCUT2D eigenvalue weighted by atomic mass is 35.5. The van der Waals surface area contributed by atoms with Crippen LogP contribution in [0.3, 0.4) is 0 Å². The maximum absolute atomic E-state index is 13.1. The van der Waals surface area contributed by atoms with Gasteiger partial charge in [0.2, 0.25) is 0 Å². The van der Waals surface area contributed by atoms with E-state index in [1.807, 2.05) is 36.4 Å². The van der Waals surface area contributed by atoms with Crippen molar-refractivity contribution in [3.05, 3.63) is 57.6 Å². The predicted octanol–water partition coefficient (Wildman–Crippen LogP) is 5.42. The Bertz CT molecular complexity index is 757. The van der Waals surface area contributed by atoms with Crippen molar-refractivity contribution in [2.75, 3.05) is 36.0 Å². The topological polar surface area (TPSA) is 23.6 Å². The lowest BCUT2D eigenvalue weighted by molar-refractivity contribution is 0.103. The molecule has 0 aromatic heterocycles. The van der Waals surface area contributed by atoms with Crippen molar-refractivity contribution in [2.24, 2.45) is 0 Å². The molecule has 2 fully saturated rings. The van der Waals surface area contributed by atoms with Crippen LogP contribution in [0, 0.1) is 0 Å². The molecule has 3 nitrogen and oxygen atoms in total. The predicted molar refractivity (Wildman–Crippen MR) is 109 cm³/mol. The summed E-state index contributed by atoms with van der Waals surface area (Å²) in [4.78, 5) is 17.6. The molecule has 0 radical (unpaired) electrons. The van der Waals surface area contributed by atoms with Gasteiger partial charge in [0, 0.05) is 37.3 Å². The molecule has 2 aromatic rings. The van der Waals surface area contributed by atoms with Gasteiger partial charge < -0.3 is 9.80 Å². The van der Waals surface area contributed by atoms with Crippen molar-refractivity contribution in [1.82, 2.24) is 0 Å². The van der Waals surface area contributed by atoms with Gasteiger partial charge in [0.15, 0.2) is 5.78 Å². The van der Waals surface area contributed by atoms with Gasteiger partial charge in [-0.15, -0.1) is 0 Å². The summed E-state index contributed by atoms with van der Waals surface area (Å²) in [6.07, 6.45) is 4.69. The normalized spacial score (nSPS) is 17.2. The molecule has 0 unspecified atom stereocenters. The summed E-state index contributed by atoms with van der Waals surface area (Å²) in [6, 6.07) is 11.2. The molecule has 2 aliphatic heterocycles. The number of ketones is 1. The molecule has 0 N–H and O–H groups in total. The highest BCUT2D eigenvalue weighted by molar-refractivity contribution is 6.34. The van der Waals surface area contributed by atoms with Crippen LogP contribution in [0.25, 0.3) is 0 Å². The summed E-state index contributed by atoms with van der Waals surface area (Å²) in [7, 11) is 0. The third-order valence-electron chi connectivity index (χ3n) is 5.31. The Hall–Kier alpha value is -1.71. The van der Waals surface area contributed by atoms with E-state index in [9.17, 15) is 4.79 Å². The number of nitrogens with zero attached hydrogens (tertiary/aromatic N) is 2. The van der Waals surface area contributed by atoms with E-state index < -0.39 is 0 Å². The molecule has 4 rings (SSSR count). The average molecular weight is 389 g/mol. The molecule has 5 heteroatoms. The van der Waals surface area contributed by atoms with Crippen molar-refractivity contribution in [2.45, 2.75) is 25.7 Å². The minimum Gasteiger partial charge on any atom is -0.370 e. The molecule has 0 amide bonds. The van der Waals surface area contributed by atoms with Crippen LogP contribution in [0.4, 0.5) is 11.4 Å². The first kappa shape index (κ1) is 17.7. The quantitative estimate of drug-likeness (QED) is 0.652. The lowest BCUT2D eigenvalue weighted by atomic mass is 10.0. The number of benzene rings is 2. The summed E-state index contributed by atoms with van der Waals surface area (Å²) >= 11 is 12.8. The van der Waals surface area contributed by atoms with Crippen LogP contribution in [-0.4, -0.2) is 32.0 Å². The summed E-state index contributed by atoms with van der Waals surface area (Å²) in [6.45, 7) is 3.99. The van der Waals surface area contributed by atoms with E-state index in [-0.39, 0.29) is 5.78 Å². The first-order valence-corrected chi connectivity index (χ1v) is 10.0. The molecule has 2 aliphatic rings. The fourth-order valence-electron chi connectivity index (χ4n) is 3.88. The maximum Gasteiger partial charge on any atom is 0.193 e. The van der Waals surface area contributed by atoms with Crippen LogP contribution in [0.2, 0.25) is 10.0 Å². The number of carbonyl (C=O) groups excluding carboxylic acids is 1. The van der Waals surface area contributed by atoms with E-state index in [1.54, 1.807) is 0 Å². The lowest BCUT2D eigenvalue weighted by Gasteiger charge is -2.21. The van der Waals surface area contributed by atoms with Crippen molar-refractivity contribution in [3.63, 3.8) is 0 Å². The summed E-state index contributed by atoms with van der Waals surface area (Å²) in [5, 5.41) is 1.41. The number of hydrogen-bond acceptors (Lipinski definition) is 3. The minimum absolute atomic E-state index is 0.0132. The summed E-state index contributed by atoms with van der Waals surface area (Å²) in [5.41, 5.74) is 3.27. The van der Waals surface area contributed by atoms with Crippen molar-refractivity contribution in [1.29, 1.82) is 0 Å². The highest BCUT2D eigenvalue weighted by Gasteiger charge is 2.20. The number of hydrogen-bond donors (Lipinski definition) is 0. The molecule has 136 valence electrons. The van der Waals surface area contributed by atoms with Gasteiger partial charge in [-0.3, -0.25) is 4.79 Å². The van der Waals surface area contributed by atoms with Crippen molar-refractivity contribution in [3.8, 4) is 0 Å². The van der Waals surface area contributed by atoms with Gasteiger partial charge in [-0.1, -0.05) is 23.2 Å². The number of halogens is 2. The molecular weight excluding hydrogens is 367 g/mol. The molecule has 0 bridgehead atoms. The van der Waals surface area contributed by atoms with E-state index >= 15 is 0 Å². The Kier molecular flexibility index (Phi) is 5.10. The lowest BCUT2D eigenvalue weighted by Crippen LogP contribution is -2.19. The van der Waals surface area contributed by atoms with Crippen LogP contribution in [0.1, 0.15) is 41.6 Å². The second-order valence-electron chi connectivity index (χ2n) is 7.05. The molecule has 2 aromatic carbocycles. The van der Waals surface area contributed by atoms with E-state index in [0.717, 1.165) is 37.6 Å². The number of anilines is 2. The van der Waals surface area contributed by atoms with Crippen molar-refractivity contribution >= 4 is 40.4 Å². The fraction of sp³-hybridized carbons (Fsp3) is 0.381. The zero-order valence-electron chi connectivity index (χ0n) is 14.7. The van der Waals surface area contributed by atoms with Gasteiger partial charge in [-0.05, 0) is 62.1 Å². The van der Waals surface area contributed by atoms with Gasteiger partial charge >= 0.3 is 0 Å². The third-order valence-corrected chi connectivity index (χ3v) is 5.95. The number of rotatable bonds is 4. The van der Waals surface area contributed by atoms with Gasteiger partial charge in [0.05, 0.1) is 21.4 Å². The maximum atomic E-state index is 13.1. The van der Waals surface area contributed by atoms with Gasteiger partial charge in [0.25, 0.3) is 0 Å². The molecule has 0 atom stereocenters. The molecule has 2 saturated heterocycles. The first-order valence-electron chi connectivity index (χ1n) is 9.27. The molecule has 26 heavy (non-hydrogen) atoms. The van der Waals surface area contributed by atoms with Crippen LogP contribution in [0.5, 0.6) is 0 Å². The minimum atomic E-state index is 0.0132. The van der Waals surface area contributed by atoms with Gasteiger partial charge in [-0.25, -0.2) is 0 Å². The summed E-state index contributed by atoms with van der Waals surface area (Å²) < 4.78 is 0. The Morgan fingerprint density at radius 1 is 0.692 bits per heavy atom. The molecule has 0 aliphatic carbocycles. The second-order valence-corrected chi connectivity index (χ2v) is 7.86. The molecule has 0 saturated carbocycles. The Balaban J connectivity index is 1.65. The van der Waals surface area contributed by atoms with Crippen LogP contribution < -0.4 is 9.80 Å². The Morgan fingerprint density at radius 3 is 1.46 bits per heavy atom. The highest BCUT2D eigenvalue weighted by Crippen LogP contribution is 2.33. The van der Waals surface area contributed by atoms with Crippen LogP contribution in [0.15, 0.2) is 36.4 Å². The van der Waals surface area contributed by atoms with Crippen molar-refractivity contribution < 1.29 is 4.79 Å². The molecule has 0 spiro atoms. The standard InChI is InChI=1S/C21H22Cl2N2O/c22-17-7-5-15(13-19(17)24-9-1-2-10-24)21(26)16-6-8-18(23)20(14-16)25-11-3-4-12-25/h5-8,13-14H,1-4,9-12H2. The zero-order valence-corrected chi connectivity index (χ0v) is 16.2. The van der Waals surface area contributed by atoms with E-state index in [4.69, 9.17) is 23.2 Å². The molecule has 2 heterocycles. The van der Waals surface area contributed by atoms with E-state index in [2.05, 4.69) is 9.80 Å². The van der Waals surface area contributed by atoms with E-state index in [1.165, 1.54) is 25.7 Å². The monoisotopic (exact) mass is 388 g/mol. The summed E-state index contributed by atoms with van der Waals surface area (Å²) in [5.74, 6) is 0.0132.